The van der Waals surface area contributed by atoms with Gasteiger partial charge in [0.05, 0.1) is 35.6 Å². The second kappa shape index (κ2) is 11.9. The molecular formula is C31H27ClN2O5S. The maximum Gasteiger partial charge on any atom is 0.338 e. The zero-order valence-electron chi connectivity index (χ0n) is 22.2. The number of rotatable bonds is 8. The van der Waals surface area contributed by atoms with Gasteiger partial charge < -0.3 is 14.2 Å². The van der Waals surface area contributed by atoms with Gasteiger partial charge in [-0.2, -0.15) is 0 Å². The van der Waals surface area contributed by atoms with Crippen LogP contribution >= 0.6 is 22.9 Å². The minimum absolute atomic E-state index is 0.216. The van der Waals surface area contributed by atoms with E-state index >= 15 is 0 Å². The van der Waals surface area contributed by atoms with Gasteiger partial charge in [-0.05, 0) is 61.4 Å². The number of allylic oxidation sites excluding steroid dienone is 1. The molecule has 0 aliphatic carbocycles. The Bertz CT molecular complexity index is 1760. The lowest BCUT2D eigenvalue weighted by Crippen LogP contribution is -2.39. The lowest BCUT2D eigenvalue weighted by molar-refractivity contribution is -0.139. The molecule has 204 valence electrons. The molecule has 1 aliphatic rings. The van der Waals surface area contributed by atoms with E-state index in [9.17, 15) is 9.59 Å². The van der Waals surface area contributed by atoms with Crippen LogP contribution in [0.15, 0.2) is 93.9 Å². The summed E-state index contributed by atoms with van der Waals surface area (Å²) in [5.41, 5.74) is 3.11. The molecule has 0 unspecified atom stereocenters. The highest BCUT2D eigenvalue weighted by molar-refractivity contribution is 7.07. The monoisotopic (exact) mass is 574 g/mol. The third-order valence-electron chi connectivity index (χ3n) is 6.48. The first kappa shape index (κ1) is 27.4. The second-order valence-corrected chi connectivity index (χ2v) is 10.4. The van der Waals surface area contributed by atoms with E-state index in [1.165, 1.54) is 11.3 Å². The molecular weight excluding hydrogens is 548 g/mol. The lowest BCUT2D eigenvalue weighted by atomic mass is 9.96. The Balaban J connectivity index is 1.50. The Hall–Kier alpha value is -4.14. The molecule has 0 saturated heterocycles. The van der Waals surface area contributed by atoms with E-state index in [2.05, 4.69) is 4.99 Å². The number of ether oxygens (including phenoxy) is 3. The van der Waals surface area contributed by atoms with Crippen LogP contribution < -0.4 is 24.4 Å². The molecule has 0 N–H and O–H groups in total. The molecule has 0 spiro atoms. The molecule has 9 heteroatoms. The van der Waals surface area contributed by atoms with Gasteiger partial charge >= 0.3 is 5.97 Å². The van der Waals surface area contributed by atoms with Gasteiger partial charge in [0, 0.05) is 10.6 Å². The standard InChI is InChI=1S/C31H27ClN2O5S/c1-4-38-30(36)27-19(2)33-31-34(28(27)21-11-15-23(37-3)16-12-21)29(35)26(40-31)17-20-9-13-24(14-10-20)39-18-22-7-5-6-8-25(22)32/h5-17,28H,4,18H2,1-3H3/b26-17-/t28-/m1/s1. The van der Waals surface area contributed by atoms with E-state index < -0.39 is 12.0 Å². The summed E-state index contributed by atoms with van der Waals surface area (Å²) in [7, 11) is 1.59. The Morgan fingerprint density at radius 3 is 2.42 bits per heavy atom. The van der Waals surface area contributed by atoms with Crippen LogP contribution in [-0.4, -0.2) is 24.3 Å². The SMILES string of the molecule is CCOC(=O)C1=C(C)N=c2s/c(=C\c3ccc(OCc4ccccc4Cl)cc3)c(=O)n2[C@@H]1c1ccc(OC)cc1. The molecule has 1 atom stereocenters. The fraction of sp³-hybridized carbons (Fsp3) is 0.194. The van der Waals surface area contributed by atoms with Crippen LogP contribution in [0, 0.1) is 0 Å². The van der Waals surface area contributed by atoms with E-state index in [1.807, 2.05) is 66.7 Å². The van der Waals surface area contributed by atoms with Crippen LogP contribution in [0.4, 0.5) is 0 Å². The predicted octanol–water partition coefficient (Wildman–Crippen LogP) is 5.04. The van der Waals surface area contributed by atoms with Gasteiger partial charge in [0.2, 0.25) is 0 Å². The molecule has 5 rings (SSSR count). The summed E-state index contributed by atoms with van der Waals surface area (Å²) in [5, 5.41) is 0.656. The van der Waals surface area contributed by atoms with Gasteiger partial charge in [0.25, 0.3) is 5.56 Å². The number of esters is 1. The molecule has 0 bridgehead atoms. The third-order valence-corrected chi connectivity index (χ3v) is 7.83. The number of hydrogen-bond donors (Lipinski definition) is 0. The molecule has 7 nitrogen and oxygen atoms in total. The van der Waals surface area contributed by atoms with Gasteiger partial charge in [0.15, 0.2) is 4.80 Å². The molecule has 1 aliphatic heterocycles. The highest BCUT2D eigenvalue weighted by Gasteiger charge is 2.33. The lowest BCUT2D eigenvalue weighted by Gasteiger charge is -2.24. The number of nitrogens with zero attached hydrogens (tertiary/aromatic N) is 2. The first-order chi connectivity index (χ1) is 19.4. The number of thiazole rings is 1. The van der Waals surface area contributed by atoms with Crippen molar-refractivity contribution in [3.8, 4) is 11.5 Å². The number of fused-ring (bicyclic) bond motifs is 1. The zero-order chi connectivity index (χ0) is 28.2. The number of methoxy groups -OCH3 is 1. The number of carbonyl (C=O) groups is 1. The smallest absolute Gasteiger partial charge is 0.338 e. The van der Waals surface area contributed by atoms with Crippen LogP contribution in [-0.2, 0) is 16.1 Å². The highest BCUT2D eigenvalue weighted by Crippen LogP contribution is 2.31. The normalized spacial score (nSPS) is 14.9. The van der Waals surface area contributed by atoms with E-state index in [0.717, 1.165) is 16.7 Å². The number of aromatic nitrogens is 1. The molecule has 0 amide bonds. The highest BCUT2D eigenvalue weighted by atomic mass is 35.5. The maximum atomic E-state index is 13.8. The predicted molar refractivity (Wildman–Crippen MR) is 156 cm³/mol. The summed E-state index contributed by atoms with van der Waals surface area (Å²) in [4.78, 5) is 31.9. The van der Waals surface area contributed by atoms with Crippen LogP contribution in [0.1, 0.15) is 36.6 Å². The summed E-state index contributed by atoms with van der Waals surface area (Å²) in [6.45, 7) is 4.08. The Morgan fingerprint density at radius 1 is 1.05 bits per heavy atom. The van der Waals surface area contributed by atoms with Gasteiger partial charge in [-0.25, -0.2) is 9.79 Å². The Labute approximate surface area is 240 Å². The van der Waals surface area contributed by atoms with Crippen LogP contribution in [0.2, 0.25) is 5.02 Å². The van der Waals surface area contributed by atoms with Crippen molar-refractivity contribution in [2.45, 2.75) is 26.5 Å². The van der Waals surface area contributed by atoms with E-state index in [4.69, 9.17) is 25.8 Å². The largest absolute Gasteiger partial charge is 0.497 e. The number of hydrogen-bond acceptors (Lipinski definition) is 7. The molecule has 2 heterocycles. The van der Waals surface area contributed by atoms with Crippen LogP contribution in [0.5, 0.6) is 11.5 Å². The summed E-state index contributed by atoms with van der Waals surface area (Å²) < 4.78 is 18.6. The topological polar surface area (TPSA) is 79.1 Å². The fourth-order valence-electron chi connectivity index (χ4n) is 4.48. The molecule has 3 aromatic carbocycles. The van der Waals surface area contributed by atoms with Gasteiger partial charge in [-0.1, -0.05) is 65.4 Å². The number of carbonyl (C=O) groups excluding carboxylic acids is 1. The fourth-order valence-corrected chi connectivity index (χ4v) is 5.72. The van der Waals surface area contributed by atoms with Crippen molar-refractivity contribution in [1.29, 1.82) is 0 Å². The third kappa shape index (κ3) is 5.59. The van der Waals surface area contributed by atoms with E-state index in [0.29, 0.717) is 43.7 Å². The van der Waals surface area contributed by atoms with Crippen molar-refractivity contribution in [2.75, 3.05) is 13.7 Å². The zero-order valence-corrected chi connectivity index (χ0v) is 23.8. The minimum atomic E-state index is -0.677. The molecule has 0 fully saturated rings. The molecule has 4 aromatic rings. The van der Waals surface area contributed by atoms with Crippen molar-refractivity contribution in [1.82, 2.24) is 4.57 Å². The van der Waals surface area contributed by atoms with E-state index in [-0.39, 0.29) is 12.2 Å². The molecule has 0 saturated carbocycles. The molecule has 40 heavy (non-hydrogen) atoms. The average Bonchev–Trinajstić information content (AvgIpc) is 3.26. The van der Waals surface area contributed by atoms with Crippen molar-refractivity contribution in [3.63, 3.8) is 0 Å². The Morgan fingerprint density at radius 2 is 1.75 bits per heavy atom. The van der Waals surface area contributed by atoms with Gasteiger partial charge in [-0.3, -0.25) is 9.36 Å². The number of benzene rings is 3. The minimum Gasteiger partial charge on any atom is -0.497 e. The van der Waals surface area contributed by atoms with Crippen LogP contribution in [0.25, 0.3) is 6.08 Å². The van der Waals surface area contributed by atoms with Crippen molar-refractivity contribution in [3.05, 3.63) is 125 Å². The average molecular weight is 575 g/mol. The maximum absolute atomic E-state index is 13.8. The molecule has 0 radical (unpaired) electrons. The quantitative estimate of drug-likeness (QED) is 0.276. The van der Waals surface area contributed by atoms with Crippen LogP contribution in [0.3, 0.4) is 0 Å². The summed E-state index contributed by atoms with van der Waals surface area (Å²) >= 11 is 7.50. The summed E-state index contributed by atoms with van der Waals surface area (Å²) in [5.74, 6) is 0.868. The number of halogens is 1. The Kier molecular flexibility index (Phi) is 8.19. The summed E-state index contributed by atoms with van der Waals surface area (Å²) in [6, 6.07) is 21.6. The van der Waals surface area contributed by atoms with Crippen molar-refractivity contribution in [2.24, 2.45) is 4.99 Å². The van der Waals surface area contributed by atoms with Gasteiger partial charge in [0.1, 0.15) is 18.1 Å². The first-order valence-electron chi connectivity index (χ1n) is 12.7. The second-order valence-electron chi connectivity index (χ2n) is 9.02. The van der Waals surface area contributed by atoms with Crippen molar-refractivity contribution < 1.29 is 19.0 Å². The van der Waals surface area contributed by atoms with Crippen molar-refractivity contribution >= 4 is 35.0 Å². The summed E-state index contributed by atoms with van der Waals surface area (Å²) in [6.07, 6.45) is 1.82. The molecule has 1 aromatic heterocycles. The van der Waals surface area contributed by atoms with Gasteiger partial charge in [-0.15, -0.1) is 0 Å². The van der Waals surface area contributed by atoms with E-state index in [1.54, 1.807) is 37.7 Å². The first-order valence-corrected chi connectivity index (χ1v) is 13.9.